The van der Waals surface area contributed by atoms with Crippen molar-refractivity contribution < 1.29 is 4.79 Å². The molecular weight excluding hydrogens is 350 g/mol. The quantitative estimate of drug-likeness (QED) is 0.240. The van der Waals surface area contributed by atoms with Crippen LogP contribution in [0.15, 0.2) is 17.5 Å². The van der Waals surface area contributed by atoms with Gasteiger partial charge in [0.25, 0.3) is 0 Å². The molecule has 27 heavy (non-hydrogen) atoms. The average molecular weight is 394 g/mol. The van der Waals surface area contributed by atoms with Crippen LogP contribution in [0.5, 0.6) is 0 Å². The topological polar surface area (TPSA) is 29.1 Å². The van der Waals surface area contributed by atoms with Crippen molar-refractivity contribution in [2.45, 2.75) is 116 Å². The van der Waals surface area contributed by atoms with Crippen molar-refractivity contribution >= 4 is 17.2 Å². The van der Waals surface area contributed by atoms with E-state index < -0.39 is 0 Å². The molecule has 0 aliphatic carbocycles. The van der Waals surface area contributed by atoms with Gasteiger partial charge < -0.3 is 5.32 Å². The maximum atomic E-state index is 11.8. The molecule has 0 unspecified atom stereocenters. The molecule has 1 rings (SSSR count). The Morgan fingerprint density at radius 1 is 0.778 bits per heavy atom. The number of thiophene rings is 1. The third kappa shape index (κ3) is 15.9. The van der Waals surface area contributed by atoms with E-state index in [1.54, 1.807) is 11.3 Å². The van der Waals surface area contributed by atoms with Gasteiger partial charge in [0, 0.05) is 11.4 Å². The SMILES string of the molecule is CCCCCCCCCCCCCCCCCCNC(=O)Cc1cccs1. The first-order chi connectivity index (χ1) is 13.3. The van der Waals surface area contributed by atoms with Crippen LogP contribution < -0.4 is 5.32 Å². The highest BCUT2D eigenvalue weighted by molar-refractivity contribution is 7.10. The van der Waals surface area contributed by atoms with Gasteiger partial charge in [0.05, 0.1) is 6.42 Å². The van der Waals surface area contributed by atoms with Crippen molar-refractivity contribution in [1.82, 2.24) is 5.32 Å². The van der Waals surface area contributed by atoms with E-state index in [4.69, 9.17) is 0 Å². The summed E-state index contributed by atoms with van der Waals surface area (Å²) in [5.74, 6) is 0.165. The number of unbranched alkanes of at least 4 members (excludes halogenated alkanes) is 15. The Kier molecular flexibility index (Phi) is 16.6. The van der Waals surface area contributed by atoms with E-state index in [0.29, 0.717) is 6.42 Å². The third-order valence-electron chi connectivity index (χ3n) is 5.27. The van der Waals surface area contributed by atoms with E-state index in [0.717, 1.165) is 17.8 Å². The largest absolute Gasteiger partial charge is 0.356 e. The molecule has 0 radical (unpaired) electrons. The molecule has 0 saturated heterocycles. The summed E-state index contributed by atoms with van der Waals surface area (Å²) in [6.07, 6.45) is 22.7. The zero-order valence-corrected chi connectivity index (χ0v) is 18.6. The van der Waals surface area contributed by atoms with Crippen LogP contribution in [0.4, 0.5) is 0 Å². The van der Waals surface area contributed by atoms with Crippen molar-refractivity contribution in [3.8, 4) is 0 Å². The fourth-order valence-corrected chi connectivity index (χ4v) is 4.24. The Bertz CT molecular complexity index is 430. The molecule has 0 bridgehead atoms. The number of amides is 1. The predicted octanol–water partition coefficient (Wildman–Crippen LogP) is 7.67. The van der Waals surface area contributed by atoms with Gasteiger partial charge in [-0.1, -0.05) is 109 Å². The van der Waals surface area contributed by atoms with Gasteiger partial charge in [0.2, 0.25) is 5.91 Å². The van der Waals surface area contributed by atoms with Crippen LogP contribution in [0.3, 0.4) is 0 Å². The molecule has 0 fully saturated rings. The van der Waals surface area contributed by atoms with Gasteiger partial charge >= 0.3 is 0 Å². The predicted molar refractivity (Wildman–Crippen MR) is 121 cm³/mol. The van der Waals surface area contributed by atoms with Gasteiger partial charge in [0.15, 0.2) is 0 Å². The molecule has 1 heterocycles. The molecule has 1 amide bonds. The van der Waals surface area contributed by atoms with E-state index >= 15 is 0 Å². The lowest BCUT2D eigenvalue weighted by Gasteiger charge is -2.05. The average Bonchev–Trinajstić information content (AvgIpc) is 3.17. The molecule has 0 saturated carbocycles. The minimum Gasteiger partial charge on any atom is -0.356 e. The van der Waals surface area contributed by atoms with E-state index in [9.17, 15) is 4.79 Å². The summed E-state index contributed by atoms with van der Waals surface area (Å²) in [4.78, 5) is 12.9. The first-order valence-corrected chi connectivity index (χ1v) is 12.5. The van der Waals surface area contributed by atoms with E-state index in [1.165, 1.54) is 96.3 Å². The molecule has 0 spiro atoms. The molecule has 0 atom stereocenters. The number of hydrogen-bond donors (Lipinski definition) is 1. The second-order valence-electron chi connectivity index (χ2n) is 7.91. The van der Waals surface area contributed by atoms with Crippen molar-refractivity contribution in [3.05, 3.63) is 22.4 Å². The number of carbonyl (C=O) groups is 1. The lowest BCUT2D eigenvalue weighted by atomic mass is 10.0. The monoisotopic (exact) mass is 393 g/mol. The summed E-state index contributed by atoms with van der Waals surface area (Å²) in [5, 5.41) is 5.06. The van der Waals surface area contributed by atoms with Gasteiger partial charge in [-0.25, -0.2) is 0 Å². The van der Waals surface area contributed by atoms with E-state index in [2.05, 4.69) is 12.2 Å². The van der Waals surface area contributed by atoms with Crippen LogP contribution in [0.25, 0.3) is 0 Å². The van der Waals surface area contributed by atoms with Crippen LogP contribution in [0.2, 0.25) is 0 Å². The van der Waals surface area contributed by atoms with Gasteiger partial charge in [0.1, 0.15) is 0 Å². The number of rotatable bonds is 19. The van der Waals surface area contributed by atoms with Crippen LogP contribution in [0.1, 0.15) is 115 Å². The van der Waals surface area contributed by atoms with Crippen LogP contribution >= 0.6 is 11.3 Å². The number of nitrogens with one attached hydrogen (secondary N) is 1. The Labute approximate surface area is 172 Å². The lowest BCUT2D eigenvalue weighted by molar-refractivity contribution is -0.120. The standard InChI is InChI=1S/C24H43NOS/c1-2-3-4-5-6-7-8-9-10-11-12-13-14-15-16-17-20-25-24(26)22-23-19-18-21-27-23/h18-19,21H,2-17,20,22H2,1H3,(H,25,26). The fraction of sp³-hybridized carbons (Fsp3) is 0.792. The molecule has 1 aromatic rings. The van der Waals surface area contributed by atoms with Crippen molar-refractivity contribution in [2.75, 3.05) is 6.54 Å². The second-order valence-corrected chi connectivity index (χ2v) is 8.94. The van der Waals surface area contributed by atoms with Crippen molar-refractivity contribution in [1.29, 1.82) is 0 Å². The molecular formula is C24H43NOS. The van der Waals surface area contributed by atoms with Gasteiger partial charge in [-0.05, 0) is 17.9 Å². The van der Waals surface area contributed by atoms with E-state index in [-0.39, 0.29) is 5.91 Å². The molecule has 0 aromatic carbocycles. The smallest absolute Gasteiger partial charge is 0.225 e. The normalized spacial score (nSPS) is 11.0. The van der Waals surface area contributed by atoms with Crippen LogP contribution in [-0.4, -0.2) is 12.5 Å². The first-order valence-electron chi connectivity index (χ1n) is 11.6. The summed E-state index contributed by atoms with van der Waals surface area (Å²) >= 11 is 1.66. The molecule has 0 aliphatic rings. The van der Waals surface area contributed by atoms with Crippen molar-refractivity contribution in [2.24, 2.45) is 0 Å². The van der Waals surface area contributed by atoms with Gasteiger partial charge in [-0.15, -0.1) is 11.3 Å². The van der Waals surface area contributed by atoms with Gasteiger partial charge in [-0.3, -0.25) is 4.79 Å². The summed E-state index contributed by atoms with van der Waals surface area (Å²) in [6.45, 7) is 3.12. The fourth-order valence-electron chi connectivity index (χ4n) is 3.53. The Morgan fingerprint density at radius 3 is 1.70 bits per heavy atom. The third-order valence-corrected chi connectivity index (χ3v) is 6.14. The summed E-state index contributed by atoms with van der Waals surface area (Å²) in [5.41, 5.74) is 0. The molecule has 1 N–H and O–H groups in total. The van der Waals surface area contributed by atoms with E-state index in [1.807, 2.05) is 17.5 Å². The number of carbonyl (C=O) groups excluding carboxylic acids is 1. The molecule has 2 nitrogen and oxygen atoms in total. The summed E-state index contributed by atoms with van der Waals surface area (Å²) in [7, 11) is 0. The number of hydrogen-bond acceptors (Lipinski definition) is 2. The van der Waals surface area contributed by atoms with Crippen LogP contribution in [-0.2, 0) is 11.2 Å². The highest BCUT2D eigenvalue weighted by Gasteiger charge is 2.03. The highest BCUT2D eigenvalue weighted by atomic mass is 32.1. The molecule has 3 heteroatoms. The first kappa shape index (κ1) is 24.2. The zero-order chi connectivity index (χ0) is 19.4. The Morgan fingerprint density at radius 2 is 1.26 bits per heavy atom. The molecule has 1 aromatic heterocycles. The van der Waals surface area contributed by atoms with Crippen LogP contribution in [0, 0.1) is 0 Å². The maximum Gasteiger partial charge on any atom is 0.225 e. The minimum atomic E-state index is 0.165. The molecule has 156 valence electrons. The Hall–Kier alpha value is -0.830. The lowest BCUT2D eigenvalue weighted by Crippen LogP contribution is -2.25. The second kappa shape index (κ2) is 18.5. The maximum absolute atomic E-state index is 11.8. The summed E-state index contributed by atoms with van der Waals surface area (Å²) < 4.78 is 0. The molecule has 0 aliphatic heterocycles. The minimum absolute atomic E-state index is 0.165. The zero-order valence-electron chi connectivity index (χ0n) is 17.8. The van der Waals surface area contributed by atoms with Crippen molar-refractivity contribution in [3.63, 3.8) is 0 Å². The summed E-state index contributed by atoms with van der Waals surface area (Å²) in [6, 6.07) is 4.03. The Balaban J connectivity index is 1.71. The van der Waals surface area contributed by atoms with Gasteiger partial charge in [-0.2, -0.15) is 0 Å². The highest BCUT2D eigenvalue weighted by Crippen LogP contribution is 2.13.